The van der Waals surface area contributed by atoms with Crippen molar-refractivity contribution in [2.45, 2.75) is 13.8 Å². The molecule has 0 saturated heterocycles. The fourth-order valence-electron chi connectivity index (χ4n) is 1.12. The van der Waals surface area contributed by atoms with E-state index in [1.807, 2.05) is 25.1 Å². The molecule has 0 amide bonds. The molecule has 0 unspecified atom stereocenters. The van der Waals surface area contributed by atoms with E-state index in [-0.39, 0.29) is 5.97 Å². The molecule has 0 bridgehead atoms. The van der Waals surface area contributed by atoms with E-state index in [0.29, 0.717) is 5.75 Å². The summed E-state index contributed by atoms with van der Waals surface area (Å²) >= 11 is 0. The summed E-state index contributed by atoms with van der Waals surface area (Å²) in [7, 11) is 0. The molecule has 1 aromatic carbocycles. The molecule has 0 aliphatic heterocycles. The normalized spacial score (nSPS) is 9.38. The van der Waals surface area contributed by atoms with E-state index in [2.05, 4.69) is 6.58 Å². The third-order valence-electron chi connectivity index (χ3n) is 1.71. The molecular formula is C11H12O2. The van der Waals surface area contributed by atoms with Crippen molar-refractivity contribution < 1.29 is 9.53 Å². The summed E-state index contributed by atoms with van der Waals surface area (Å²) in [5.74, 6) is 0.294. The molecule has 0 aromatic heterocycles. The van der Waals surface area contributed by atoms with Gasteiger partial charge >= 0.3 is 5.97 Å². The van der Waals surface area contributed by atoms with Crippen LogP contribution in [0.2, 0.25) is 0 Å². The Labute approximate surface area is 77.8 Å². The lowest BCUT2D eigenvalue weighted by Gasteiger charge is -2.08. The van der Waals surface area contributed by atoms with Gasteiger partial charge in [-0.05, 0) is 12.5 Å². The Morgan fingerprint density at radius 1 is 1.54 bits per heavy atom. The number of benzene rings is 1. The van der Waals surface area contributed by atoms with Crippen LogP contribution in [0.15, 0.2) is 24.8 Å². The quantitative estimate of drug-likeness (QED) is 0.511. The molecule has 1 aromatic rings. The number of carbonyl (C=O) groups is 1. The van der Waals surface area contributed by atoms with Gasteiger partial charge < -0.3 is 4.74 Å². The number of ether oxygens (including phenoxy) is 1. The second-order valence-corrected chi connectivity index (χ2v) is 2.79. The fraction of sp³-hybridized carbons (Fsp3) is 0.182. The van der Waals surface area contributed by atoms with Crippen LogP contribution in [0.3, 0.4) is 0 Å². The van der Waals surface area contributed by atoms with E-state index < -0.39 is 0 Å². The predicted molar refractivity (Wildman–Crippen MR) is 52.6 cm³/mol. The van der Waals surface area contributed by atoms with Gasteiger partial charge in [-0.2, -0.15) is 0 Å². The summed E-state index contributed by atoms with van der Waals surface area (Å²) in [6.07, 6.45) is 1.67. The molecule has 13 heavy (non-hydrogen) atoms. The smallest absolute Gasteiger partial charge is 0.308 e. The van der Waals surface area contributed by atoms with E-state index in [1.165, 1.54) is 6.92 Å². The summed E-state index contributed by atoms with van der Waals surface area (Å²) in [4.78, 5) is 10.8. The minimum Gasteiger partial charge on any atom is -0.426 e. The highest BCUT2D eigenvalue weighted by Crippen LogP contribution is 2.24. The minimum absolute atomic E-state index is 0.308. The number of aryl methyl sites for hydroxylation is 1. The van der Waals surface area contributed by atoms with Crippen LogP contribution < -0.4 is 4.74 Å². The van der Waals surface area contributed by atoms with Gasteiger partial charge in [-0.3, -0.25) is 4.79 Å². The number of carbonyl (C=O) groups excluding carboxylic acids is 1. The molecule has 0 spiro atoms. The monoisotopic (exact) mass is 176 g/mol. The van der Waals surface area contributed by atoms with Crippen LogP contribution in [0.1, 0.15) is 18.1 Å². The lowest BCUT2D eigenvalue weighted by molar-refractivity contribution is -0.131. The first-order valence-electron chi connectivity index (χ1n) is 4.05. The molecule has 2 heteroatoms. The van der Waals surface area contributed by atoms with Gasteiger partial charge in [-0.25, -0.2) is 0 Å². The highest BCUT2D eigenvalue weighted by Gasteiger charge is 2.05. The van der Waals surface area contributed by atoms with Gasteiger partial charge in [-0.1, -0.05) is 30.9 Å². The maximum atomic E-state index is 10.8. The first-order valence-corrected chi connectivity index (χ1v) is 4.05. The molecule has 0 N–H and O–H groups in total. The van der Waals surface area contributed by atoms with Crippen LogP contribution in [-0.2, 0) is 4.79 Å². The SMILES string of the molecule is C=Cc1cccc(C)c1OC(C)=O. The zero-order valence-electron chi connectivity index (χ0n) is 7.83. The second kappa shape index (κ2) is 3.90. The van der Waals surface area contributed by atoms with Crippen LogP contribution in [0.25, 0.3) is 6.08 Å². The van der Waals surface area contributed by atoms with Crippen molar-refractivity contribution in [3.8, 4) is 5.75 Å². The van der Waals surface area contributed by atoms with Crippen molar-refractivity contribution >= 4 is 12.0 Å². The largest absolute Gasteiger partial charge is 0.426 e. The zero-order valence-corrected chi connectivity index (χ0v) is 7.83. The van der Waals surface area contributed by atoms with Crippen LogP contribution in [-0.4, -0.2) is 5.97 Å². The maximum absolute atomic E-state index is 10.8. The van der Waals surface area contributed by atoms with E-state index in [0.717, 1.165) is 11.1 Å². The molecule has 0 fully saturated rings. The average Bonchev–Trinajstić information content (AvgIpc) is 2.08. The van der Waals surface area contributed by atoms with E-state index in [4.69, 9.17) is 4.74 Å². The number of esters is 1. The molecule has 68 valence electrons. The van der Waals surface area contributed by atoms with Gasteiger partial charge in [-0.15, -0.1) is 0 Å². The number of rotatable bonds is 2. The lowest BCUT2D eigenvalue weighted by Crippen LogP contribution is -2.04. The predicted octanol–water partition coefficient (Wildman–Crippen LogP) is 2.56. The summed E-state index contributed by atoms with van der Waals surface area (Å²) < 4.78 is 5.06. The Balaban J connectivity index is 3.14. The van der Waals surface area contributed by atoms with Crippen LogP contribution in [0, 0.1) is 6.92 Å². The molecule has 0 heterocycles. The Bertz CT molecular complexity index is 340. The summed E-state index contributed by atoms with van der Waals surface area (Å²) in [5.41, 5.74) is 1.78. The van der Waals surface area contributed by atoms with Crippen molar-refractivity contribution in [2.75, 3.05) is 0 Å². The number of hydrogen-bond donors (Lipinski definition) is 0. The third kappa shape index (κ3) is 2.18. The summed E-state index contributed by atoms with van der Waals surface area (Å²) in [6.45, 7) is 6.93. The molecule has 0 radical (unpaired) electrons. The van der Waals surface area contributed by atoms with Gasteiger partial charge in [0.05, 0.1) is 0 Å². The van der Waals surface area contributed by atoms with Crippen molar-refractivity contribution in [3.63, 3.8) is 0 Å². The number of para-hydroxylation sites is 1. The van der Waals surface area contributed by atoms with Gasteiger partial charge in [0.2, 0.25) is 0 Å². The van der Waals surface area contributed by atoms with E-state index in [9.17, 15) is 4.79 Å². The molecule has 0 atom stereocenters. The fourth-order valence-corrected chi connectivity index (χ4v) is 1.12. The summed E-state index contributed by atoms with van der Waals surface area (Å²) in [6, 6.07) is 5.66. The highest BCUT2D eigenvalue weighted by atomic mass is 16.5. The Kier molecular flexibility index (Phi) is 2.85. The molecule has 0 aliphatic rings. The Morgan fingerprint density at radius 3 is 2.77 bits per heavy atom. The highest BCUT2D eigenvalue weighted by molar-refractivity contribution is 5.72. The Morgan fingerprint density at radius 2 is 2.23 bits per heavy atom. The van der Waals surface area contributed by atoms with Crippen molar-refractivity contribution in [3.05, 3.63) is 35.9 Å². The van der Waals surface area contributed by atoms with Gasteiger partial charge in [0.1, 0.15) is 5.75 Å². The third-order valence-corrected chi connectivity index (χ3v) is 1.71. The topological polar surface area (TPSA) is 26.3 Å². The van der Waals surface area contributed by atoms with Crippen molar-refractivity contribution in [1.29, 1.82) is 0 Å². The minimum atomic E-state index is -0.308. The first-order chi connectivity index (χ1) is 6.15. The number of hydrogen-bond acceptors (Lipinski definition) is 2. The first kappa shape index (κ1) is 9.52. The average molecular weight is 176 g/mol. The van der Waals surface area contributed by atoms with E-state index >= 15 is 0 Å². The molecule has 0 saturated carbocycles. The standard InChI is InChI=1S/C11H12O2/c1-4-10-7-5-6-8(2)11(10)13-9(3)12/h4-7H,1H2,2-3H3. The van der Waals surface area contributed by atoms with E-state index in [1.54, 1.807) is 6.08 Å². The molecule has 0 aliphatic carbocycles. The van der Waals surface area contributed by atoms with Gasteiger partial charge in [0, 0.05) is 12.5 Å². The van der Waals surface area contributed by atoms with Crippen molar-refractivity contribution in [1.82, 2.24) is 0 Å². The lowest BCUT2D eigenvalue weighted by atomic mass is 10.1. The molecule has 2 nitrogen and oxygen atoms in total. The van der Waals surface area contributed by atoms with Gasteiger partial charge in [0.15, 0.2) is 0 Å². The van der Waals surface area contributed by atoms with Crippen LogP contribution in [0.4, 0.5) is 0 Å². The molecular weight excluding hydrogens is 164 g/mol. The zero-order chi connectivity index (χ0) is 9.84. The van der Waals surface area contributed by atoms with Crippen LogP contribution >= 0.6 is 0 Å². The van der Waals surface area contributed by atoms with Crippen LogP contribution in [0.5, 0.6) is 5.75 Å². The molecule has 1 rings (SSSR count). The maximum Gasteiger partial charge on any atom is 0.308 e. The Hall–Kier alpha value is -1.57. The van der Waals surface area contributed by atoms with Crippen molar-refractivity contribution in [2.24, 2.45) is 0 Å². The second-order valence-electron chi connectivity index (χ2n) is 2.79. The summed E-state index contributed by atoms with van der Waals surface area (Å²) in [5, 5.41) is 0. The van der Waals surface area contributed by atoms with Gasteiger partial charge in [0.25, 0.3) is 0 Å².